The summed E-state index contributed by atoms with van der Waals surface area (Å²) in [4.78, 5) is 0. The third-order valence-corrected chi connectivity index (χ3v) is 3.15. The Labute approximate surface area is 115 Å². The first-order valence-corrected chi connectivity index (χ1v) is 6.94. The molecule has 1 rings (SSSR count). The molecule has 0 aliphatic carbocycles. The Hall–Kier alpha value is -0.740. The lowest BCUT2D eigenvalue weighted by Gasteiger charge is -2.03. The Morgan fingerprint density at radius 1 is 1.22 bits per heavy atom. The van der Waals surface area contributed by atoms with Crippen molar-refractivity contribution in [2.24, 2.45) is 0 Å². The summed E-state index contributed by atoms with van der Waals surface area (Å²) in [6, 6.07) is 2.66. The number of allylic oxidation sites excluding steroid dienone is 1. The Morgan fingerprint density at radius 3 is 2.72 bits per heavy atom. The van der Waals surface area contributed by atoms with Crippen LogP contribution >= 0.6 is 15.9 Å². The zero-order valence-electron chi connectivity index (χ0n) is 10.5. The molecule has 0 aromatic heterocycles. The van der Waals surface area contributed by atoms with E-state index in [-0.39, 0.29) is 12.0 Å². The summed E-state index contributed by atoms with van der Waals surface area (Å²) in [7, 11) is 0. The van der Waals surface area contributed by atoms with E-state index in [1.165, 1.54) is 12.1 Å². The van der Waals surface area contributed by atoms with Gasteiger partial charge in [-0.25, -0.2) is 8.78 Å². The molecule has 1 aromatic rings. The molecular weight excluding hydrogens is 300 g/mol. The maximum Gasteiger partial charge on any atom is 0.143 e. The van der Waals surface area contributed by atoms with Crippen molar-refractivity contribution in [1.82, 2.24) is 5.32 Å². The molecule has 18 heavy (non-hydrogen) atoms. The molecule has 0 fully saturated rings. The number of rotatable bonds is 7. The predicted octanol–water partition coefficient (Wildman–Crippen LogP) is 4.22. The lowest BCUT2D eigenvalue weighted by atomic mass is 10.1. The van der Waals surface area contributed by atoms with Crippen LogP contribution in [-0.2, 0) is 6.42 Å². The largest absolute Gasteiger partial charge is 0.316 e. The number of benzene rings is 1. The van der Waals surface area contributed by atoms with Crippen LogP contribution in [0.4, 0.5) is 8.78 Å². The normalized spacial score (nSPS) is 11.3. The molecule has 0 bridgehead atoms. The van der Waals surface area contributed by atoms with E-state index in [4.69, 9.17) is 0 Å². The van der Waals surface area contributed by atoms with Gasteiger partial charge >= 0.3 is 0 Å². The first-order valence-electron chi connectivity index (χ1n) is 6.15. The fraction of sp³-hybridized carbons (Fsp3) is 0.429. The SMILES string of the molecule is CCCNCC/C=C/Cc1c(F)ccc(Br)c1F. The summed E-state index contributed by atoms with van der Waals surface area (Å²) in [5.74, 6) is -1.01. The van der Waals surface area contributed by atoms with E-state index in [9.17, 15) is 8.78 Å². The minimum Gasteiger partial charge on any atom is -0.316 e. The molecule has 1 nitrogen and oxygen atoms in total. The van der Waals surface area contributed by atoms with E-state index < -0.39 is 11.6 Å². The molecular formula is C14H18BrF2N. The summed E-state index contributed by atoms with van der Waals surface area (Å²) in [5.41, 5.74) is 0.113. The second kappa shape index (κ2) is 8.38. The third kappa shape index (κ3) is 4.86. The van der Waals surface area contributed by atoms with Crippen LogP contribution in [0.2, 0.25) is 0 Å². The van der Waals surface area contributed by atoms with Crippen LogP contribution in [0.3, 0.4) is 0 Å². The van der Waals surface area contributed by atoms with E-state index in [0.29, 0.717) is 4.47 Å². The molecule has 0 saturated heterocycles. The second-order valence-corrected chi connectivity index (χ2v) is 4.89. The topological polar surface area (TPSA) is 12.0 Å². The van der Waals surface area contributed by atoms with Crippen LogP contribution in [0.1, 0.15) is 25.3 Å². The molecule has 1 N–H and O–H groups in total. The molecule has 0 atom stereocenters. The fourth-order valence-corrected chi connectivity index (χ4v) is 1.93. The Balaban J connectivity index is 2.43. The molecule has 0 heterocycles. The molecule has 100 valence electrons. The van der Waals surface area contributed by atoms with Gasteiger partial charge in [-0.1, -0.05) is 19.1 Å². The van der Waals surface area contributed by atoms with Gasteiger partial charge in [0.05, 0.1) is 4.47 Å². The minimum atomic E-state index is -0.510. The first kappa shape index (κ1) is 15.3. The van der Waals surface area contributed by atoms with Crippen molar-refractivity contribution in [3.05, 3.63) is 46.0 Å². The number of nitrogens with one attached hydrogen (secondary N) is 1. The average Bonchev–Trinajstić information content (AvgIpc) is 2.36. The van der Waals surface area contributed by atoms with E-state index in [1.54, 1.807) is 0 Å². The highest BCUT2D eigenvalue weighted by atomic mass is 79.9. The monoisotopic (exact) mass is 317 g/mol. The lowest BCUT2D eigenvalue weighted by molar-refractivity contribution is 0.558. The van der Waals surface area contributed by atoms with Crippen molar-refractivity contribution in [3.8, 4) is 0 Å². The molecule has 1 aromatic carbocycles. The van der Waals surface area contributed by atoms with Crippen LogP contribution in [0.15, 0.2) is 28.8 Å². The number of hydrogen-bond donors (Lipinski definition) is 1. The molecule has 0 saturated carbocycles. The highest BCUT2D eigenvalue weighted by molar-refractivity contribution is 9.10. The van der Waals surface area contributed by atoms with Crippen LogP contribution in [0.5, 0.6) is 0 Å². The van der Waals surface area contributed by atoms with Gasteiger partial charge in [-0.05, 0) is 60.4 Å². The minimum absolute atomic E-state index is 0.113. The van der Waals surface area contributed by atoms with Crippen LogP contribution in [0.25, 0.3) is 0 Å². The van der Waals surface area contributed by atoms with Gasteiger partial charge in [-0.15, -0.1) is 0 Å². The zero-order chi connectivity index (χ0) is 13.4. The van der Waals surface area contributed by atoms with Crippen molar-refractivity contribution >= 4 is 15.9 Å². The average molecular weight is 318 g/mol. The van der Waals surface area contributed by atoms with Gasteiger partial charge in [0, 0.05) is 5.56 Å². The lowest BCUT2D eigenvalue weighted by Crippen LogP contribution is -2.15. The molecule has 0 aliphatic heterocycles. The van der Waals surface area contributed by atoms with E-state index in [1.807, 2.05) is 12.2 Å². The summed E-state index contributed by atoms with van der Waals surface area (Å²) >= 11 is 3.06. The Morgan fingerprint density at radius 2 is 2.00 bits per heavy atom. The summed E-state index contributed by atoms with van der Waals surface area (Å²) < 4.78 is 27.3. The van der Waals surface area contributed by atoms with Crippen LogP contribution < -0.4 is 5.32 Å². The van der Waals surface area contributed by atoms with Crippen molar-refractivity contribution in [1.29, 1.82) is 0 Å². The summed E-state index contributed by atoms with van der Waals surface area (Å²) in [6.45, 7) is 4.01. The molecule has 0 unspecified atom stereocenters. The van der Waals surface area contributed by atoms with Crippen molar-refractivity contribution in [2.45, 2.75) is 26.2 Å². The van der Waals surface area contributed by atoms with E-state index >= 15 is 0 Å². The molecule has 4 heteroatoms. The van der Waals surface area contributed by atoms with Crippen molar-refractivity contribution in [3.63, 3.8) is 0 Å². The quantitative estimate of drug-likeness (QED) is 0.451. The maximum atomic E-state index is 13.6. The Bertz CT molecular complexity index is 405. The number of halogens is 3. The molecule has 0 amide bonds. The third-order valence-electron chi connectivity index (χ3n) is 2.54. The highest BCUT2D eigenvalue weighted by Gasteiger charge is 2.10. The van der Waals surface area contributed by atoms with Gasteiger partial charge < -0.3 is 5.32 Å². The van der Waals surface area contributed by atoms with E-state index in [0.717, 1.165) is 25.9 Å². The van der Waals surface area contributed by atoms with Crippen LogP contribution in [0, 0.1) is 11.6 Å². The van der Waals surface area contributed by atoms with Crippen LogP contribution in [-0.4, -0.2) is 13.1 Å². The fourth-order valence-electron chi connectivity index (χ4n) is 1.56. The van der Waals surface area contributed by atoms with Gasteiger partial charge in [-0.2, -0.15) is 0 Å². The number of hydrogen-bond acceptors (Lipinski definition) is 1. The van der Waals surface area contributed by atoms with Gasteiger partial charge in [0.25, 0.3) is 0 Å². The molecule has 0 radical (unpaired) electrons. The maximum absolute atomic E-state index is 13.6. The van der Waals surface area contributed by atoms with Crippen molar-refractivity contribution < 1.29 is 8.78 Å². The van der Waals surface area contributed by atoms with Gasteiger partial charge in [0.2, 0.25) is 0 Å². The smallest absolute Gasteiger partial charge is 0.143 e. The van der Waals surface area contributed by atoms with Gasteiger partial charge in [-0.3, -0.25) is 0 Å². The second-order valence-electron chi connectivity index (χ2n) is 4.04. The first-order chi connectivity index (χ1) is 8.66. The summed E-state index contributed by atoms with van der Waals surface area (Å²) in [6.07, 6.45) is 6.02. The predicted molar refractivity (Wildman–Crippen MR) is 74.7 cm³/mol. The van der Waals surface area contributed by atoms with Crippen molar-refractivity contribution in [2.75, 3.05) is 13.1 Å². The molecule has 0 aliphatic rings. The summed E-state index contributed by atoms with van der Waals surface area (Å²) in [5, 5.41) is 3.26. The standard InChI is InChI=1S/C14H18BrF2N/c1-2-9-18-10-5-3-4-6-11-13(16)8-7-12(15)14(11)17/h3-4,7-8,18H,2,5-6,9-10H2,1H3/b4-3+. The Kier molecular flexibility index (Phi) is 7.13. The zero-order valence-corrected chi connectivity index (χ0v) is 12.1. The molecule has 0 spiro atoms. The van der Waals surface area contributed by atoms with Gasteiger partial charge in [0.15, 0.2) is 0 Å². The highest BCUT2D eigenvalue weighted by Crippen LogP contribution is 2.22. The van der Waals surface area contributed by atoms with Gasteiger partial charge in [0.1, 0.15) is 11.6 Å². The van der Waals surface area contributed by atoms with E-state index in [2.05, 4.69) is 28.2 Å².